The van der Waals surface area contributed by atoms with E-state index in [1.807, 2.05) is 6.07 Å². The highest BCUT2D eigenvalue weighted by Gasteiger charge is 2.11. The Bertz CT molecular complexity index is 506. The van der Waals surface area contributed by atoms with E-state index in [1.165, 1.54) is 0 Å². The molecule has 1 aromatic heterocycles. The van der Waals surface area contributed by atoms with Gasteiger partial charge in [-0.3, -0.25) is 4.79 Å². The highest BCUT2D eigenvalue weighted by molar-refractivity contribution is 6.34. The number of hydrogen-bond acceptors (Lipinski definition) is 3. The van der Waals surface area contributed by atoms with Gasteiger partial charge in [-0.15, -0.1) is 0 Å². The third-order valence-electron chi connectivity index (χ3n) is 2.15. The highest BCUT2D eigenvalue weighted by atomic mass is 35.5. The summed E-state index contributed by atoms with van der Waals surface area (Å²) in [7, 11) is 0. The Balaban J connectivity index is 2.41. The molecule has 0 amide bonds. The van der Waals surface area contributed by atoms with Crippen molar-refractivity contribution in [2.45, 2.75) is 12.8 Å². The van der Waals surface area contributed by atoms with Crippen molar-refractivity contribution in [1.29, 1.82) is 0 Å². The Morgan fingerprint density at radius 2 is 2.33 bits per heavy atom. The molecular formula is C10H8ClNO3. The molecule has 0 aliphatic heterocycles. The molecule has 0 atom stereocenters. The first kappa shape index (κ1) is 9.98. The van der Waals surface area contributed by atoms with Gasteiger partial charge in [0.05, 0.1) is 5.39 Å². The Kier molecular flexibility index (Phi) is 2.60. The average molecular weight is 226 g/mol. The van der Waals surface area contributed by atoms with Crippen LogP contribution in [-0.2, 0) is 11.2 Å². The molecule has 1 N–H and O–H groups in total. The maximum Gasteiger partial charge on any atom is 0.303 e. The van der Waals surface area contributed by atoms with E-state index in [4.69, 9.17) is 21.2 Å². The minimum absolute atomic E-state index is 0.0701. The highest BCUT2D eigenvalue weighted by Crippen LogP contribution is 2.26. The van der Waals surface area contributed by atoms with E-state index >= 15 is 0 Å². The molecule has 0 aliphatic rings. The molecule has 4 nitrogen and oxygen atoms in total. The van der Waals surface area contributed by atoms with Gasteiger partial charge in [0.25, 0.3) is 0 Å². The van der Waals surface area contributed by atoms with Crippen LogP contribution in [-0.4, -0.2) is 16.2 Å². The van der Waals surface area contributed by atoms with Crippen LogP contribution in [0.5, 0.6) is 0 Å². The van der Waals surface area contributed by atoms with Crippen LogP contribution in [0.1, 0.15) is 12.0 Å². The van der Waals surface area contributed by atoms with Gasteiger partial charge in [-0.25, -0.2) is 0 Å². The van der Waals surface area contributed by atoms with Crippen molar-refractivity contribution < 1.29 is 14.4 Å². The zero-order valence-corrected chi connectivity index (χ0v) is 8.49. The maximum absolute atomic E-state index is 10.5. The fraction of sp³-hybridized carbons (Fsp3) is 0.200. The lowest BCUT2D eigenvalue weighted by Gasteiger charge is -1.99. The SMILES string of the molecule is O=C(O)CCc1cccc2onc(Cl)c12. The van der Waals surface area contributed by atoms with Crippen LogP contribution in [0.25, 0.3) is 11.0 Å². The first-order valence-corrected chi connectivity index (χ1v) is 4.81. The quantitative estimate of drug-likeness (QED) is 0.872. The summed E-state index contributed by atoms with van der Waals surface area (Å²) in [5, 5.41) is 13.2. The number of aromatic nitrogens is 1. The molecule has 0 spiro atoms. The van der Waals surface area contributed by atoms with Crippen molar-refractivity contribution in [3.63, 3.8) is 0 Å². The summed E-state index contributed by atoms with van der Waals surface area (Å²) in [6.07, 6.45) is 0.494. The third-order valence-corrected chi connectivity index (χ3v) is 2.41. The van der Waals surface area contributed by atoms with Crippen LogP contribution in [0, 0.1) is 0 Å². The van der Waals surface area contributed by atoms with E-state index in [-0.39, 0.29) is 11.6 Å². The molecular weight excluding hydrogens is 218 g/mol. The molecule has 0 fully saturated rings. The molecule has 5 heteroatoms. The molecule has 2 rings (SSSR count). The number of fused-ring (bicyclic) bond motifs is 1. The number of aryl methyl sites for hydroxylation is 1. The predicted octanol–water partition coefficient (Wildman–Crippen LogP) is 2.50. The van der Waals surface area contributed by atoms with Crippen LogP contribution < -0.4 is 0 Å². The van der Waals surface area contributed by atoms with Gasteiger partial charge in [-0.1, -0.05) is 28.9 Å². The van der Waals surface area contributed by atoms with Crippen LogP contribution in [0.3, 0.4) is 0 Å². The minimum atomic E-state index is -0.834. The zero-order valence-electron chi connectivity index (χ0n) is 7.74. The van der Waals surface area contributed by atoms with Crippen LogP contribution in [0.2, 0.25) is 5.15 Å². The normalized spacial score (nSPS) is 10.7. The van der Waals surface area contributed by atoms with Gasteiger partial charge in [-0.05, 0) is 18.1 Å². The summed E-state index contributed by atoms with van der Waals surface area (Å²) in [5.41, 5.74) is 1.43. The lowest BCUT2D eigenvalue weighted by Crippen LogP contribution is -1.97. The van der Waals surface area contributed by atoms with Gasteiger partial charge in [0.1, 0.15) is 0 Å². The number of carboxylic acids is 1. The van der Waals surface area contributed by atoms with Crippen molar-refractivity contribution in [2.75, 3.05) is 0 Å². The van der Waals surface area contributed by atoms with Gasteiger partial charge in [0.15, 0.2) is 10.7 Å². The Hall–Kier alpha value is -1.55. The number of carbonyl (C=O) groups is 1. The van der Waals surface area contributed by atoms with Crippen LogP contribution in [0.4, 0.5) is 0 Å². The molecule has 1 heterocycles. The number of nitrogens with zero attached hydrogens (tertiary/aromatic N) is 1. The van der Waals surface area contributed by atoms with E-state index in [2.05, 4.69) is 5.16 Å². The maximum atomic E-state index is 10.5. The van der Waals surface area contributed by atoms with E-state index in [9.17, 15) is 4.79 Å². The van der Waals surface area contributed by atoms with Crippen LogP contribution in [0.15, 0.2) is 22.7 Å². The van der Waals surface area contributed by atoms with E-state index in [1.54, 1.807) is 12.1 Å². The number of benzene rings is 1. The number of halogens is 1. The first-order valence-electron chi connectivity index (χ1n) is 4.43. The second-order valence-electron chi connectivity index (χ2n) is 3.16. The molecule has 0 bridgehead atoms. The Labute approximate surface area is 90.4 Å². The van der Waals surface area contributed by atoms with E-state index in [0.717, 1.165) is 5.56 Å². The van der Waals surface area contributed by atoms with Crippen molar-refractivity contribution in [3.05, 3.63) is 28.9 Å². The summed E-state index contributed by atoms with van der Waals surface area (Å²) in [4.78, 5) is 10.5. The zero-order chi connectivity index (χ0) is 10.8. The summed E-state index contributed by atoms with van der Waals surface area (Å²) in [6.45, 7) is 0. The van der Waals surface area contributed by atoms with Crippen molar-refractivity contribution >= 4 is 28.5 Å². The lowest BCUT2D eigenvalue weighted by atomic mass is 10.1. The molecule has 2 aromatic rings. The standard InChI is InChI=1S/C10H8ClNO3/c11-10-9-6(4-5-8(13)14)2-1-3-7(9)15-12-10/h1-3H,4-5H2,(H,13,14). The summed E-state index contributed by atoms with van der Waals surface area (Å²) >= 11 is 5.84. The molecule has 15 heavy (non-hydrogen) atoms. The largest absolute Gasteiger partial charge is 0.481 e. The van der Waals surface area contributed by atoms with Crippen molar-refractivity contribution in [3.8, 4) is 0 Å². The molecule has 0 saturated heterocycles. The third kappa shape index (κ3) is 1.94. The molecule has 78 valence electrons. The second kappa shape index (κ2) is 3.90. The summed E-state index contributed by atoms with van der Waals surface area (Å²) < 4.78 is 4.97. The number of carboxylic acid groups (broad SMARTS) is 1. The van der Waals surface area contributed by atoms with Gasteiger partial charge in [0, 0.05) is 6.42 Å². The van der Waals surface area contributed by atoms with Crippen molar-refractivity contribution in [1.82, 2.24) is 5.16 Å². The Morgan fingerprint density at radius 3 is 3.07 bits per heavy atom. The van der Waals surface area contributed by atoms with Gasteiger partial charge >= 0.3 is 5.97 Å². The first-order chi connectivity index (χ1) is 7.18. The predicted molar refractivity (Wildman–Crippen MR) is 55.0 cm³/mol. The van der Waals surface area contributed by atoms with Gasteiger partial charge < -0.3 is 9.63 Å². The minimum Gasteiger partial charge on any atom is -0.481 e. The summed E-state index contributed by atoms with van der Waals surface area (Å²) in [6, 6.07) is 5.37. The monoisotopic (exact) mass is 225 g/mol. The van der Waals surface area contributed by atoms with E-state index in [0.29, 0.717) is 17.4 Å². The molecule has 0 unspecified atom stereocenters. The molecule has 0 saturated carbocycles. The van der Waals surface area contributed by atoms with Gasteiger partial charge in [-0.2, -0.15) is 0 Å². The second-order valence-corrected chi connectivity index (χ2v) is 3.52. The van der Waals surface area contributed by atoms with E-state index < -0.39 is 5.97 Å². The smallest absolute Gasteiger partial charge is 0.303 e. The number of aliphatic carboxylic acids is 1. The fourth-order valence-corrected chi connectivity index (χ4v) is 1.72. The average Bonchev–Trinajstić information content (AvgIpc) is 2.58. The molecule has 0 radical (unpaired) electrons. The summed E-state index contributed by atoms with van der Waals surface area (Å²) in [5.74, 6) is -0.834. The van der Waals surface area contributed by atoms with Gasteiger partial charge in [0.2, 0.25) is 0 Å². The number of rotatable bonds is 3. The van der Waals surface area contributed by atoms with Crippen molar-refractivity contribution in [2.24, 2.45) is 0 Å². The lowest BCUT2D eigenvalue weighted by molar-refractivity contribution is -0.136. The molecule has 0 aliphatic carbocycles. The Morgan fingerprint density at radius 1 is 1.53 bits per heavy atom. The fourth-order valence-electron chi connectivity index (χ4n) is 1.47. The topological polar surface area (TPSA) is 63.3 Å². The number of hydrogen-bond donors (Lipinski definition) is 1. The molecule has 1 aromatic carbocycles. The van der Waals surface area contributed by atoms with Crippen LogP contribution >= 0.6 is 11.6 Å².